The minimum Gasteiger partial charge on any atom is -0.662 e. The van der Waals surface area contributed by atoms with Crippen molar-refractivity contribution in [1.82, 2.24) is 0 Å². The molecule has 0 aliphatic carbocycles. The molecule has 1 fully saturated rings. The van der Waals surface area contributed by atoms with Crippen LogP contribution in [-0.4, -0.2) is 18.2 Å². The molecule has 2 nitrogen and oxygen atoms in total. The Bertz CT molecular complexity index is 457. The molecule has 2 aromatic carbocycles. The van der Waals surface area contributed by atoms with Gasteiger partial charge in [-0.25, -0.2) is 0 Å². The summed E-state index contributed by atoms with van der Waals surface area (Å²) in [6.45, 7) is 4.07. The fourth-order valence-electron chi connectivity index (χ4n) is 2.13. The Morgan fingerprint density at radius 1 is 1.00 bits per heavy atom. The van der Waals surface area contributed by atoms with Crippen molar-refractivity contribution >= 4 is 0 Å². The van der Waals surface area contributed by atoms with Crippen LogP contribution in [0.15, 0.2) is 54.6 Å². The number of hydrogen-bond donors (Lipinski definition) is 1. The van der Waals surface area contributed by atoms with Gasteiger partial charge < -0.3 is 10.4 Å². The standard InChI is InChI=1S/C10H12N.C7H8O.Y/c1-2-4-9(5-3-1)10-6-7-11-8-10;1-6-2-4-7(8)5-3-6;/h1-5,10H,6-8H2;2-5,8H,1H3;/q-1;;. The van der Waals surface area contributed by atoms with E-state index in [0.29, 0.717) is 11.7 Å². The molecule has 1 aliphatic rings. The maximum atomic E-state index is 8.76. The summed E-state index contributed by atoms with van der Waals surface area (Å²) in [5.74, 6) is 1.03. The fourth-order valence-corrected chi connectivity index (χ4v) is 2.13. The molecule has 1 radical (unpaired) electrons. The normalized spacial score (nSPS) is 16.8. The zero-order valence-electron chi connectivity index (χ0n) is 11.9. The summed E-state index contributed by atoms with van der Waals surface area (Å²) in [6, 6.07) is 17.8. The topological polar surface area (TPSA) is 34.3 Å². The Balaban J connectivity index is 0.000000200. The molecule has 0 spiro atoms. The summed E-state index contributed by atoms with van der Waals surface area (Å²) < 4.78 is 0. The molecular weight excluding hydrogens is 323 g/mol. The molecule has 20 heavy (non-hydrogen) atoms. The number of hydrogen-bond acceptors (Lipinski definition) is 1. The van der Waals surface area contributed by atoms with Gasteiger partial charge in [0.25, 0.3) is 0 Å². The molecule has 1 unspecified atom stereocenters. The third-order valence-electron chi connectivity index (χ3n) is 3.29. The zero-order chi connectivity index (χ0) is 13.5. The summed E-state index contributed by atoms with van der Waals surface area (Å²) >= 11 is 0. The zero-order valence-corrected chi connectivity index (χ0v) is 14.7. The number of rotatable bonds is 1. The monoisotopic (exact) mass is 343 g/mol. The van der Waals surface area contributed by atoms with Crippen LogP contribution >= 0.6 is 0 Å². The van der Waals surface area contributed by atoms with Crippen LogP contribution in [-0.2, 0) is 32.7 Å². The SMILES string of the molecule is Cc1ccc(O)cc1.[Y].c1ccc(C2CC[N-]C2)cc1. The average Bonchev–Trinajstić information content (AvgIpc) is 2.98. The first-order valence-corrected chi connectivity index (χ1v) is 6.69. The van der Waals surface area contributed by atoms with Crippen LogP contribution in [0.1, 0.15) is 23.5 Å². The predicted molar refractivity (Wildman–Crippen MR) is 79.7 cm³/mol. The van der Waals surface area contributed by atoms with Gasteiger partial charge in [-0.05, 0) is 30.5 Å². The van der Waals surface area contributed by atoms with Gasteiger partial charge in [0, 0.05) is 32.7 Å². The van der Waals surface area contributed by atoms with Gasteiger partial charge in [-0.15, -0.1) is 13.1 Å². The number of phenolic OH excluding ortho intramolecular Hbond substituents is 1. The summed E-state index contributed by atoms with van der Waals surface area (Å²) in [7, 11) is 0. The first kappa shape index (κ1) is 17.4. The van der Waals surface area contributed by atoms with Gasteiger partial charge in [0.1, 0.15) is 5.75 Å². The van der Waals surface area contributed by atoms with Crippen molar-refractivity contribution in [2.24, 2.45) is 0 Å². The van der Waals surface area contributed by atoms with Crippen LogP contribution in [0, 0.1) is 6.92 Å². The molecule has 1 aliphatic heterocycles. The molecule has 3 heteroatoms. The number of benzene rings is 2. The number of nitrogens with zero attached hydrogens (tertiary/aromatic N) is 1. The van der Waals surface area contributed by atoms with Gasteiger partial charge in [-0.2, -0.15) is 0 Å². The van der Waals surface area contributed by atoms with Crippen molar-refractivity contribution < 1.29 is 37.8 Å². The fraction of sp³-hybridized carbons (Fsp3) is 0.294. The van der Waals surface area contributed by atoms with E-state index in [2.05, 4.69) is 35.6 Å². The van der Waals surface area contributed by atoms with Crippen LogP contribution in [0.25, 0.3) is 5.32 Å². The van der Waals surface area contributed by atoms with Gasteiger partial charge in [0.15, 0.2) is 0 Å². The summed E-state index contributed by atoms with van der Waals surface area (Å²) in [4.78, 5) is 0. The molecule has 103 valence electrons. The van der Waals surface area contributed by atoms with Crippen molar-refractivity contribution in [2.75, 3.05) is 13.1 Å². The molecule has 3 rings (SSSR count). The first-order valence-electron chi connectivity index (χ1n) is 6.69. The van der Waals surface area contributed by atoms with Crippen molar-refractivity contribution in [2.45, 2.75) is 19.3 Å². The molecule has 0 bridgehead atoms. The van der Waals surface area contributed by atoms with Crippen LogP contribution < -0.4 is 0 Å². The minimum absolute atomic E-state index is 0. The van der Waals surface area contributed by atoms with E-state index in [1.54, 1.807) is 12.1 Å². The number of aromatic hydroxyl groups is 1. The number of phenols is 1. The molecule has 1 heterocycles. The smallest absolute Gasteiger partial charge is 0.115 e. The molecule has 1 atom stereocenters. The van der Waals surface area contributed by atoms with E-state index in [0.717, 1.165) is 13.1 Å². The van der Waals surface area contributed by atoms with Crippen LogP contribution in [0.4, 0.5) is 0 Å². The second kappa shape index (κ2) is 9.28. The van der Waals surface area contributed by atoms with Gasteiger partial charge >= 0.3 is 0 Å². The van der Waals surface area contributed by atoms with E-state index < -0.39 is 0 Å². The molecule has 0 saturated carbocycles. The molecule has 0 amide bonds. The third kappa shape index (κ3) is 5.74. The second-order valence-electron chi connectivity index (χ2n) is 4.86. The van der Waals surface area contributed by atoms with E-state index in [1.807, 2.05) is 19.1 Å². The van der Waals surface area contributed by atoms with Crippen molar-refractivity contribution in [3.8, 4) is 5.75 Å². The van der Waals surface area contributed by atoms with Crippen LogP contribution in [0.2, 0.25) is 0 Å². The Kier molecular flexibility index (Phi) is 8.05. The van der Waals surface area contributed by atoms with Gasteiger partial charge in [0.2, 0.25) is 0 Å². The number of aryl methyl sites for hydroxylation is 1. The van der Waals surface area contributed by atoms with Crippen molar-refractivity contribution in [3.05, 3.63) is 71.0 Å². The maximum absolute atomic E-state index is 8.76. The van der Waals surface area contributed by atoms with Crippen molar-refractivity contribution in [3.63, 3.8) is 0 Å². The van der Waals surface area contributed by atoms with E-state index in [1.165, 1.54) is 17.5 Å². The van der Waals surface area contributed by atoms with Gasteiger partial charge in [-0.3, -0.25) is 0 Å². The molecule has 2 aromatic rings. The third-order valence-corrected chi connectivity index (χ3v) is 3.29. The quantitative estimate of drug-likeness (QED) is 0.825. The van der Waals surface area contributed by atoms with E-state index in [4.69, 9.17) is 5.11 Å². The molecular formula is C17H20NOY-. The minimum atomic E-state index is 0. The van der Waals surface area contributed by atoms with Gasteiger partial charge in [-0.1, -0.05) is 54.4 Å². The van der Waals surface area contributed by atoms with Crippen LogP contribution in [0.5, 0.6) is 5.75 Å². The summed E-state index contributed by atoms with van der Waals surface area (Å²) in [5.41, 5.74) is 2.62. The van der Waals surface area contributed by atoms with Gasteiger partial charge in [0.05, 0.1) is 0 Å². The largest absolute Gasteiger partial charge is 0.662 e. The Morgan fingerprint density at radius 2 is 1.65 bits per heavy atom. The first-order chi connectivity index (χ1) is 9.25. The summed E-state index contributed by atoms with van der Waals surface area (Å²) in [6.07, 6.45) is 1.24. The van der Waals surface area contributed by atoms with Crippen LogP contribution in [0.3, 0.4) is 0 Å². The molecule has 1 N–H and O–H groups in total. The molecule has 1 saturated heterocycles. The summed E-state index contributed by atoms with van der Waals surface area (Å²) in [5, 5.41) is 13.1. The Hall–Kier alpha value is -0.696. The maximum Gasteiger partial charge on any atom is 0.115 e. The van der Waals surface area contributed by atoms with E-state index in [-0.39, 0.29) is 32.7 Å². The predicted octanol–water partition coefficient (Wildman–Crippen LogP) is 4.25. The van der Waals surface area contributed by atoms with E-state index >= 15 is 0 Å². The Labute approximate surface area is 146 Å². The Morgan fingerprint density at radius 3 is 2.15 bits per heavy atom. The molecule has 0 aromatic heterocycles. The average molecular weight is 343 g/mol. The van der Waals surface area contributed by atoms with Crippen molar-refractivity contribution in [1.29, 1.82) is 0 Å². The second-order valence-corrected chi connectivity index (χ2v) is 4.86. The van der Waals surface area contributed by atoms with E-state index in [9.17, 15) is 0 Å².